The first kappa shape index (κ1) is 13.4. The molecule has 0 bridgehead atoms. The second-order valence-corrected chi connectivity index (χ2v) is 6.18. The lowest BCUT2D eigenvalue weighted by Crippen LogP contribution is -2.51. The predicted molar refractivity (Wildman–Crippen MR) is 84.8 cm³/mol. The van der Waals surface area contributed by atoms with Gasteiger partial charge in [0.15, 0.2) is 0 Å². The Bertz CT molecular complexity index is 569. The highest BCUT2D eigenvalue weighted by molar-refractivity contribution is 5.32. The number of benzene rings is 2. The largest absolute Gasteiger partial charge is 0.327 e. The smallest absolute Gasteiger partial charge is 0.0177 e. The first-order chi connectivity index (χ1) is 9.71. The average molecular weight is 265 g/mol. The molecule has 2 aromatic rings. The molecule has 104 valence electrons. The van der Waals surface area contributed by atoms with Gasteiger partial charge >= 0.3 is 0 Å². The van der Waals surface area contributed by atoms with Crippen LogP contribution in [0.5, 0.6) is 0 Å². The van der Waals surface area contributed by atoms with Crippen LogP contribution in [0.15, 0.2) is 54.6 Å². The van der Waals surface area contributed by atoms with Crippen molar-refractivity contribution >= 4 is 0 Å². The number of hydrogen-bond acceptors (Lipinski definition) is 1. The third-order valence-electron chi connectivity index (χ3n) is 4.84. The van der Waals surface area contributed by atoms with Crippen LogP contribution >= 0.6 is 0 Å². The zero-order valence-electron chi connectivity index (χ0n) is 12.2. The summed E-state index contributed by atoms with van der Waals surface area (Å²) in [6, 6.07) is 19.8. The average Bonchev–Trinajstić information content (AvgIpc) is 2.38. The monoisotopic (exact) mass is 265 g/mol. The van der Waals surface area contributed by atoms with Gasteiger partial charge in [-0.1, -0.05) is 66.6 Å². The Labute approximate surface area is 121 Å². The van der Waals surface area contributed by atoms with Gasteiger partial charge in [-0.25, -0.2) is 0 Å². The Hall–Kier alpha value is -1.60. The lowest BCUT2D eigenvalue weighted by Gasteiger charge is -2.47. The predicted octanol–water partition coefficient (Wildman–Crippen LogP) is 3.99. The molecule has 1 heteroatoms. The van der Waals surface area contributed by atoms with Crippen LogP contribution in [0, 0.1) is 6.92 Å². The molecule has 0 radical (unpaired) electrons. The maximum atomic E-state index is 6.63. The summed E-state index contributed by atoms with van der Waals surface area (Å²) in [4.78, 5) is 0. The standard InChI is InChI=1S/C19H23N/c1-15-7-5-8-16(13-15)14-18(20)19(11-6-12-19)17-9-3-2-4-10-17/h2-5,7-10,13,18H,6,11-12,14,20H2,1H3. The Morgan fingerprint density at radius 3 is 2.40 bits per heavy atom. The Morgan fingerprint density at radius 2 is 1.80 bits per heavy atom. The van der Waals surface area contributed by atoms with Crippen LogP contribution in [0.25, 0.3) is 0 Å². The van der Waals surface area contributed by atoms with Crippen LogP contribution < -0.4 is 5.73 Å². The molecule has 1 nitrogen and oxygen atoms in total. The summed E-state index contributed by atoms with van der Waals surface area (Å²) >= 11 is 0. The van der Waals surface area contributed by atoms with Crippen molar-refractivity contribution in [3.8, 4) is 0 Å². The van der Waals surface area contributed by atoms with E-state index in [-0.39, 0.29) is 11.5 Å². The third kappa shape index (κ3) is 2.38. The molecule has 0 saturated heterocycles. The van der Waals surface area contributed by atoms with E-state index in [2.05, 4.69) is 61.5 Å². The van der Waals surface area contributed by atoms with E-state index >= 15 is 0 Å². The molecule has 0 amide bonds. The fourth-order valence-electron chi connectivity index (χ4n) is 3.49. The molecule has 0 aromatic heterocycles. The minimum atomic E-state index is 0.199. The van der Waals surface area contributed by atoms with Gasteiger partial charge in [-0.05, 0) is 37.3 Å². The zero-order valence-corrected chi connectivity index (χ0v) is 12.2. The molecule has 1 fully saturated rings. The molecule has 1 aliphatic carbocycles. The maximum absolute atomic E-state index is 6.63. The zero-order chi connectivity index (χ0) is 14.0. The molecule has 0 heterocycles. The van der Waals surface area contributed by atoms with E-state index in [4.69, 9.17) is 5.73 Å². The van der Waals surface area contributed by atoms with Crippen molar-refractivity contribution in [3.05, 3.63) is 71.3 Å². The van der Waals surface area contributed by atoms with Gasteiger partial charge in [-0.15, -0.1) is 0 Å². The minimum Gasteiger partial charge on any atom is -0.327 e. The SMILES string of the molecule is Cc1cccc(CC(N)C2(c3ccccc3)CCC2)c1. The summed E-state index contributed by atoms with van der Waals surface area (Å²) in [5, 5.41) is 0. The first-order valence-corrected chi connectivity index (χ1v) is 7.57. The summed E-state index contributed by atoms with van der Waals surface area (Å²) in [6.07, 6.45) is 4.72. The normalized spacial score (nSPS) is 18.3. The number of rotatable bonds is 4. The molecule has 0 spiro atoms. The fourth-order valence-corrected chi connectivity index (χ4v) is 3.49. The topological polar surface area (TPSA) is 26.0 Å². The van der Waals surface area contributed by atoms with Gasteiger partial charge in [0.05, 0.1) is 0 Å². The van der Waals surface area contributed by atoms with Crippen LogP contribution in [0.3, 0.4) is 0 Å². The summed E-state index contributed by atoms with van der Waals surface area (Å²) < 4.78 is 0. The van der Waals surface area contributed by atoms with Crippen LogP contribution in [-0.4, -0.2) is 6.04 Å². The van der Waals surface area contributed by atoms with Crippen molar-refractivity contribution in [1.29, 1.82) is 0 Å². The highest BCUT2D eigenvalue weighted by Crippen LogP contribution is 2.46. The highest BCUT2D eigenvalue weighted by Gasteiger charge is 2.43. The Morgan fingerprint density at radius 1 is 1.05 bits per heavy atom. The fraction of sp³-hybridized carbons (Fsp3) is 0.368. The van der Waals surface area contributed by atoms with Crippen LogP contribution in [0.4, 0.5) is 0 Å². The Balaban J connectivity index is 1.83. The molecule has 1 saturated carbocycles. The van der Waals surface area contributed by atoms with Gasteiger partial charge in [0.2, 0.25) is 0 Å². The molecule has 3 rings (SSSR count). The first-order valence-electron chi connectivity index (χ1n) is 7.57. The number of hydrogen-bond donors (Lipinski definition) is 1. The van der Waals surface area contributed by atoms with Crippen LogP contribution in [0.2, 0.25) is 0 Å². The van der Waals surface area contributed by atoms with E-state index in [1.54, 1.807) is 0 Å². The molecule has 1 atom stereocenters. The van der Waals surface area contributed by atoms with E-state index in [0.29, 0.717) is 0 Å². The van der Waals surface area contributed by atoms with E-state index < -0.39 is 0 Å². The second-order valence-electron chi connectivity index (χ2n) is 6.18. The van der Waals surface area contributed by atoms with Crippen LogP contribution in [-0.2, 0) is 11.8 Å². The molecule has 2 aromatic carbocycles. The van der Waals surface area contributed by atoms with Crippen molar-refractivity contribution in [2.45, 2.75) is 44.1 Å². The maximum Gasteiger partial charge on any atom is 0.0177 e. The van der Waals surface area contributed by atoms with E-state index in [0.717, 1.165) is 6.42 Å². The third-order valence-corrected chi connectivity index (χ3v) is 4.84. The minimum absolute atomic E-state index is 0.199. The summed E-state index contributed by atoms with van der Waals surface area (Å²) in [6.45, 7) is 2.14. The molecule has 1 unspecified atom stereocenters. The lowest BCUT2D eigenvalue weighted by atomic mass is 9.59. The van der Waals surface area contributed by atoms with Crippen molar-refractivity contribution in [2.24, 2.45) is 5.73 Å². The number of nitrogens with two attached hydrogens (primary N) is 1. The second kappa shape index (κ2) is 5.41. The van der Waals surface area contributed by atoms with Gasteiger partial charge in [-0.2, -0.15) is 0 Å². The van der Waals surface area contributed by atoms with E-state index in [1.165, 1.54) is 36.0 Å². The van der Waals surface area contributed by atoms with E-state index in [1.807, 2.05) is 0 Å². The van der Waals surface area contributed by atoms with Gasteiger partial charge in [-0.3, -0.25) is 0 Å². The van der Waals surface area contributed by atoms with Gasteiger partial charge in [0.1, 0.15) is 0 Å². The molecule has 1 aliphatic rings. The Kier molecular flexibility index (Phi) is 3.62. The van der Waals surface area contributed by atoms with Gasteiger partial charge in [0, 0.05) is 11.5 Å². The van der Waals surface area contributed by atoms with Gasteiger partial charge in [0.25, 0.3) is 0 Å². The number of aryl methyl sites for hydroxylation is 1. The lowest BCUT2D eigenvalue weighted by molar-refractivity contribution is 0.194. The van der Waals surface area contributed by atoms with Crippen molar-refractivity contribution in [3.63, 3.8) is 0 Å². The van der Waals surface area contributed by atoms with Crippen molar-refractivity contribution < 1.29 is 0 Å². The van der Waals surface area contributed by atoms with Crippen molar-refractivity contribution in [2.75, 3.05) is 0 Å². The molecule has 0 aliphatic heterocycles. The quantitative estimate of drug-likeness (QED) is 0.889. The summed E-state index contributed by atoms with van der Waals surface area (Å²) in [5.74, 6) is 0. The highest BCUT2D eigenvalue weighted by atomic mass is 14.7. The molecular weight excluding hydrogens is 242 g/mol. The van der Waals surface area contributed by atoms with E-state index in [9.17, 15) is 0 Å². The van der Waals surface area contributed by atoms with Crippen molar-refractivity contribution in [1.82, 2.24) is 0 Å². The van der Waals surface area contributed by atoms with Gasteiger partial charge < -0.3 is 5.73 Å². The summed E-state index contributed by atoms with van der Waals surface area (Å²) in [5.41, 5.74) is 10.9. The molecular formula is C19H23N. The van der Waals surface area contributed by atoms with Crippen LogP contribution in [0.1, 0.15) is 36.0 Å². The molecule has 2 N–H and O–H groups in total. The molecule has 20 heavy (non-hydrogen) atoms. The summed E-state index contributed by atoms with van der Waals surface area (Å²) in [7, 11) is 0.